The summed E-state index contributed by atoms with van der Waals surface area (Å²) in [5.74, 6) is -0.891. The van der Waals surface area contributed by atoms with Gasteiger partial charge < -0.3 is 9.84 Å². The number of hydrogen-bond acceptors (Lipinski definition) is 7. The van der Waals surface area contributed by atoms with Gasteiger partial charge >= 0.3 is 5.91 Å². The number of nitrogens with zero attached hydrogens (tertiary/aromatic N) is 3. The topological polar surface area (TPSA) is 92.6 Å². The van der Waals surface area contributed by atoms with E-state index in [1.165, 1.54) is 16.2 Å². The largest absolute Gasteiger partial charge is 0.507 e. The van der Waals surface area contributed by atoms with Crippen molar-refractivity contribution < 1.29 is 19.4 Å². The number of Topliss-reactive ketones (excluding diaryl/α,β-unsaturated/α-hetero) is 1. The van der Waals surface area contributed by atoms with Crippen molar-refractivity contribution in [1.29, 1.82) is 0 Å². The number of amides is 1. The lowest BCUT2D eigenvalue weighted by atomic mass is 9.94. The number of pyridine rings is 1. The Morgan fingerprint density at radius 3 is 2.64 bits per heavy atom. The number of carbonyl (C=O) groups excluding carboxylic acids is 2. The van der Waals surface area contributed by atoms with E-state index in [0.717, 1.165) is 21.5 Å². The van der Waals surface area contributed by atoms with Crippen molar-refractivity contribution in [3.63, 3.8) is 0 Å². The molecule has 3 heterocycles. The summed E-state index contributed by atoms with van der Waals surface area (Å²) in [5, 5.41) is 11.9. The summed E-state index contributed by atoms with van der Waals surface area (Å²) in [5.41, 5.74) is 2.69. The van der Waals surface area contributed by atoms with E-state index in [1.54, 1.807) is 36.7 Å². The van der Waals surface area contributed by atoms with Gasteiger partial charge in [-0.25, -0.2) is 4.98 Å². The standard InChI is InChI=1S/C28H25N3O4S/c1-4-35-21-12-11-17(14-19(21)16(2)3)25(32)23-24(18-8-7-13-29-15-18)31(27(34)26(23)33)28-30-20-9-5-6-10-22(20)36-28/h5-16,24,32H,4H2,1-3H3/b25-23+. The normalized spacial score (nSPS) is 17.3. The van der Waals surface area contributed by atoms with Gasteiger partial charge in [0, 0.05) is 18.0 Å². The van der Waals surface area contributed by atoms with Gasteiger partial charge in [0.15, 0.2) is 5.13 Å². The molecule has 7 nitrogen and oxygen atoms in total. The van der Waals surface area contributed by atoms with Crippen LogP contribution >= 0.6 is 11.3 Å². The summed E-state index contributed by atoms with van der Waals surface area (Å²) in [6.45, 7) is 6.49. The Morgan fingerprint density at radius 1 is 1.14 bits per heavy atom. The summed E-state index contributed by atoms with van der Waals surface area (Å²) < 4.78 is 6.64. The number of ether oxygens (including phenoxy) is 1. The lowest BCUT2D eigenvalue weighted by Crippen LogP contribution is -2.29. The quantitative estimate of drug-likeness (QED) is 0.204. The smallest absolute Gasteiger partial charge is 0.301 e. The van der Waals surface area contributed by atoms with E-state index in [4.69, 9.17) is 4.74 Å². The summed E-state index contributed by atoms with van der Waals surface area (Å²) in [6.07, 6.45) is 3.22. The van der Waals surface area contributed by atoms with Crippen LogP contribution in [0, 0.1) is 0 Å². The molecule has 36 heavy (non-hydrogen) atoms. The van der Waals surface area contributed by atoms with Crippen molar-refractivity contribution in [3.05, 3.63) is 89.3 Å². The van der Waals surface area contributed by atoms with Crippen LogP contribution in [0.15, 0.2) is 72.6 Å². The first-order valence-electron chi connectivity index (χ1n) is 11.7. The van der Waals surface area contributed by atoms with Crippen molar-refractivity contribution in [2.75, 3.05) is 11.5 Å². The highest BCUT2D eigenvalue weighted by atomic mass is 32.1. The van der Waals surface area contributed by atoms with Crippen molar-refractivity contribution in [3.8, 4) is 5.75 Å². The van der Waals surface area contributed by atoms with Crippen LogP contribution in [-0.4, -0.2) is 33.4 Å². The van der Waals surface area contributed by atoms with Crippen LogP contribution in [0.5, 0.6) is 5.75 Å². The van der Waals surface area contributed by atoms with E-state index < -0.39 is 17.7 Å². The van der Waals surface area contributed by atoms with Crippen molar-refractivity contribution >= 4 is 44.1 Å². The summed E-state index contributed by atoms with van der Waals surface area (Å²) in [6, 6.07) is 15.5. The molecule has 0 bridgehead atoms. The number of aliphatic hydroxyl groups excluding tert-OH is 1. The number of ketones is 1. The highest BCUT2D eigenvalue weighted by Gasteiger charge is 2.48. The number of carbonyl (C=O) groups is 2. The zero-order valence-electron chi connectivity index (χ0n) is 20.1. The molecule has 0 spiro atoms. The molecule has 1 aliphatic heterocycles. The molecule has 5 rings (SSSR count). The maximum atomic E-state index is 13.4. The molecule has 2 aromatic carbocycles. The Kier molecular flexibility index (Phi) is 6.28. The van der Waals surface area contributed by atoms with Gasteiger partial charge in [-0.05, 0) is 60.4 Å². The van der Waals surface area contributed by atoms with Crippen molar-refractivity contribution in [2.24, 2.45) is 0 Å². The second-order valence-corrected chi connectivity index (χ2v) is 9.77. The SMILES string of the molecule is CCOc1ccc(/C(O)=C2\C(=O)C(=O)N(c3nc4ccccc4s3)C2c2cccnc2)cc1C(C)C. The van der Waals surface area contributed by atoms with E-state index in [-0.39, 0.29) is 17.3 Å². The zero-order chi connectivity index (χ0) is 25.4. The average molecular weight is 500 g/mol. The second kappa shape index (κ2) is 9.54. The van der Waals surface area contributed by atoms with Crippen LogP contribution in [0.2, 0.25) is 0 Å². The monoisotopic (exact) mass is 499 g/mol. The first-order chi connectivity index (χ1) is 17.4. The molecule has 1 aliphatic rings. The Morgan fingerprint density at radius 2 is 1.94 bits per heavy atom. The molecule has 1 amide bonds. The van der Waals surface area contributed by atoms with Gasteiger partial charge in [0.05, 0.1) is 28.4 Å². The number of hydrogen-bond donors (Lipinski definition) is 1. The van der Waals surface area contributed by atoms with Crippen LogP contribution in [0.25, 0.3) is 16.0 Å². The fourth-order valence-corrected chi connectivity index (χ4v) is 5.43. The minimum atomic E-state index is -0.867. The summed E-state index contributed by atoms with van der Waals surface area (Å²) in [7, 11) is 0. The van der Waals surface area contributed by atoms with Crippen molar-refractivity contribution in [2.45, 2.75) is 32.7 Å². The van der Waals surface area contributed by atoms with Gasteiger partial charge in [0.25, 0.3) is 5.78 Å². The lowest BCUT2D eigenvalue weighted by Gasteiger charge is -2.22. The molecular formula is C28H25N3O4S. The van der Waals surface area contributed by atoms with Crippen LogP contribution < -0.4 is 9.64 Å². The molecule has 1 N–H and O–H groups in total. The molecular weight excluding hydrogens is 474 g/mol. The number of thiazole rings is 1. The van der Waals surface area contributed by atoms with Gasteiger partial charge in [0.2, 0.25) is 0 Å². The van der Waals surface area contributed by atoms with Gasteiger partial charge in [-0.15, -0.1) is 0 Å². The summed E-state index contributed by atoms with van der Waals surface area (Å²) in [4.78, 5) is 37.0. The maximum Gasteiger partial charge on any atom is 0.301 e. The van der Waals surface area contributed by atoms with Crippen molar-refractivity contribution in [1.82, 2.24) is 9.97 Å². The van der Waals surface area contributed by atoms with Gasteiger partial charge in [0.1, 0.15) is 11.5 Å². The number of benzene rings is 2. The van der Waals surface area contributed by atoms with Gasteiger partial charge in [-0.1, -0.05) is 43.4 Å². The number of aromatic nitrogens is 2. The predicted octanol–water partition coefficient (Wildman–Crippen LogP) is 5.84. The molecule has 2 aromatic heterocycles. The van der Waals surface area contributed by atoms with E-state index in [2.05, 4.69) is 9.97 Å². The Hall–Kier alpha value is -4.04. The number of aliphatic hydroxyl groups is 1. The molecule has 0 saturated carbocycles. The summed E-state index contributed by atoms with van der Waals surface area (Å²) >= 11 is 1.32. The van der Waals surface area contributed by atoms with E-state index in [1.807, 2.05) is 51.1 Å². The second-order valence-electron chi connectivity index (χ2n) is 8.76. The van der Waals surface area contributed by atoms with Crippen LogP contribution in [-0.2, 0) is 9.59 Å². The van der Waals surface area contributed by atoms with E-state index in [0.29, 0.717) is 22.9 Å². The Bertz CT molecular complexity index is 1460. The van der Waals surface area contributed by atoms with Crippen LogP contribution in [0.3, 0.4) is 0 Å². The lowest BCUT2D eigenvalue weighted by molar-refractivity contribution is -0.132. The number of rotatable bonds is 6. The molecule has 0 radical (unpaired) electrons. The molecule has 182 valence electrons. The van der Waals surface area contributed by atoms with E-state index in [9.17, 15) is 14.7 Å². The Balaban J connectivity index is 1.70. The van der Waals surface area contributed by atoms with Crippen LogP contribution in [0.1, 0.15) is 49.4 Å². The fraction of sp³-hybridized carbons (Fsp3) is 0.214. The first-order valence-corrected chi connectivity index (χ1v) is 12.6. The maximum absolute atomic E-state index is 13.4. The minimum Gasteiger partial charge on any atom is -0.507 e. The Labute approximate surface area is 212 Å². The van der Waals surface area contributed by atoms with Gasteiger partial charge in [-0.2, -0.15) is 0 Å². The number of fused-ring (bicyclic) bond motifs is 1. The average Bonchev–Trinajstić information content (AvgIpc) is 3.43. The molecule has 1 unspecified atom stereocenters. The van der Waals surface area contributed by atoms with E-state index >= 15 is 0 Å². The van der Waals surface area contributed by atoms with Gasteiger partial charge in [-0.3, -0.25) is 19.5 Å². The number of para-hydroxylation sites is 1. The highest BCUT2D eigenvalue weighted by Crippen LogP contribution is 2.44. The molecule has 1 saturated heterocycles. The molecule has 0 aliphatic carbocycles. The molecule has 8 heteroatoms. The third kappa shape index (κ3) is 4.03. The third-order valence-corrected chi connectivity index (χ3v) is 7.17. The molecule has 1 atom stereocenters. The fourth-order valence-electron chi connectivity index (χ4n) is 4.44. The molecule has 4 aromatic rings. The third-order valence-electron chi connectivity index (χ3n) is 6.14. The zero-order valence-corrected chi connectivity index (χ0v) is 21.0. The number of anilines is 1. The first kappa shape index (κ1) is 23.7. The predicted molar refractivity (Wildman–Crippen MR) is 140 cm³/mol. The minimum absolute atomic E-state index is 0.00567. The highest BCUT2D eigenvalue weighted by molar-refractivity contribution is 7.22. The van der Waals surface area contributed by atoms with Crippen LogP contribution in [0.4, 0.5) is 5.13 Å². The molecule has 1 fully saturated rings.